The van der Waals surface area contributed by atoms with Crippen LogP contribution in [0.4, 0.5) is 5.82 Å². The minimum atomic E-state index is -0.0217. The van der Waals surface area contributed by atoms with Gasteiger partial charge in [0.2, 0.25) is 5.91 Å². The van der Waals surface area contributed by atoms with Gasteiger partial charge in [0.05, 0.1) is 40.8 Å². The largest absolute Gasteiger partial charge is 0.378 e. The third-order valence-corrected chi connectivity index (χ3v) is 9.71. The second kappa shape index (κ2) is 13.5. The number of amides is 1. The van der Waals surface area contributed by atoms with Gasteiger partial charge in [-0.3, -0.25) is 24.6 Å². The Labute approximate surface area is 270 Å². The number of thiophene rings is 1. The first-order chi connectivity index (χ1) is 22.5. The molecule has 2 saturated heterocycles. The molecule has 0 bridgehead atoms. The zero-order valence-electron chi connectivity index (χ0n) is 25.8. The van der Waals surface area contributed by atoms with Crippen LogP contribution >= 0.6 is 11.3 Å². The van der Waals surface area contributed by atoms with Crippen LogP contribution in [-0.4, -0.2) is 99.1 Å². The van der Waals surface area contributed by atoms with Crippen molar-refractivity contribution in [3.05, 3.63) is 71.0 Å². The number of aromatic nitrogens is 5. The number of rotatable bonds is 9. The molecule has 2 fully saturated rings. The molecule has 1 N–H and O–H groups in total. The van der Waals surface area contributed by atoms with Crippen LogP contribution in [0, 0.1) is 0 Å². The summed E-state index contributed by atoms with van der Waals surface area (Å²) in [7, 11) is 0. The average molecular weight is 637 g/mol. The van der Waals surface area contributed by atoms with E-state index in [9.17, 15) is 9.59 Å². The lowest BCUT2D eigenvalue weighted by Crippen LogP contribution is -2.48. The number of Topliss-reactive ketones (excluding diaryl/α,β-unsaturated/α-hetero) is 1. The van der Waals surface area contributed by atoms with E-state index in [1.165, 1.54) is 4.88 Å². The first-order valence-corrected chi connectivity index (χ1v) is 16.5. The topological polar surface area (TPSA) is 120 Å². The normalized spacial score (nSPS) is 16.4. The number of ether oxygens (including phenoxy) is 1. The van der Waals surface area contributed by atoms with Gasteiger partial charge in [-0.15, -0.1) is 11.3 Å². The summed E-state index contributed by atoms with van der Waals surface area (Å²) in [6, 6.07) is 13.8. The van der Waals surface area contributed by atoms with Crippen LogP contribution in [0.2, 0.25) is 0 Å². The molecular formula is C34H36N8O3S. The summed E-state index contributed by atoms with van der Waals surface area (Å²) in [4.78, 5) is 47.8. The fourth-order valence-corrected chi connectivity index (χ4v) is 7.19. The maximum atomic E-state index is 13.0. The van der Waals surface area contributed by atoms with Crippen molar-refractivity contribution in [1.82, 2.24) is 34.9 Å². The molecule has 12 heteroatoms. The number of ketones is 1. The van der Waals surface area contributed by atoms with Gasteiger partial charge in [-0.25, -0.2) is 9.97 Å². The van der Waals surface area contributed by atoms with E-state index < -0.39 is 0 Å². The number of hydrogen-bond acceptors (Lipinski definition) is 10. The molecule has 0 saturated carbocycles. The summed E-state index contributed by atoms with van der Waals surface area (Å²) in [5.41, 5.74) is 4.21. The van der Waals surface area contributed by atoms with Gasteiger partial charge in [0.1, 0.15) is 0 Å². The number of anilines is 1. The van der Waals surface area contributed by atoms with Crippen molar-refractivity contribution in [1.29, 1.82) is 0 Å². The Balaban J connectivity index is 1.01. The molecule has 46 heavy (non-hydrogen) atoms. The summed E-state index contributed by atoms with van der Waals surface area (Å²) in [6.07, 6.45) is 5.73. The van der Waals surface area contributed by atoms with E-state index in [2.05, 4.69) is 31.0 Å². The summed E-state index contributed by atoms with van der Waals surface area (Å²) in [6.45, 7) is 8.36. The summed E-state index contributed by atoms with van der Waals surface area (Å²) >= 11 is 1.75. The van der Waals surface area contributed by atoms with Gasteiger partial charge in [-0.05, 0) is 42.8 Å². The summed E-state index contributed by atoms with van der Waals surface area (Å²) < 4.78 is 6.72. The summed E-state index contributed by atoms with van der Waals surface area (Å²) in [5.74, 6) is 1.66. The second-order valence-electron chi connectivity index (χ2n) is 11.7. The van der Waals surface area contributed by atoms with Crippen molar-refractivity contribution in [2.45, 2.75) is 26.3 Å². The fraction of sp³-hybridized carbons (Fsp3) is 0.353. The van der Waals surface area contributed by atoms with Crippen LogP contribution < -0.4 is 4.90 Å². The zero-order valence-corrected chi connectivity index (χ0v) is 26.6. The zero-order chi connectivity index (χ0) is 31.5. The number of benzene rings is 1. The van der Waals surface area contributed by atoms with E-state index >= 15 is 0 Å². The maximum Gasteiger partial charge on any atom is 0.223 e. The molecule has 1 aromatic carbocycles. The Hall–Kier alpha value is -4.52. The van der Waals surface area contributed by atoms with Crippen LogP contribution in [0.15, 0.2) is 60.4 Å². The number of carbonyl (C=O) groups excluding carboxylic acids is 2. The Morgan fingerprint density at radius 2 is 1.85 bits per heavy atom. The SMILES string of the molecule is C/C(=C\c1ccccn1)C(=O)CCC(=O)N1CCN(Cc2cc3nc(-c4cccc5[nH]ncc45)nc(N4CCOCC4)c3s2)CC1. The molecule has 2 aliphatic rings. The smallest absolute Gasteiger partial charge is 0.223 e. The highest BCUT2D eigenvalue weighted by molar-refractivity contribution is 7.19. The lowest BCUT2D eigenvalue weighted by atomic mass is 10.1. The van der Waals surface area contributed by atoms with Crippen molar-refractivity contribution in [2.75, 3.05) is 57.4 Å². The highest BCUT2D eigenvalue weighted by Crippen LogP contribution is 2.36. The van der Waals surface area contributed by atoms with Gasteiger partial charge in [0.15, 0.2) is 17.4 Å². The molecule has 6 heterocycles. The monoisotopic (exact) mass is 636 g/mol. The van der Waals surface area contributed by atoms with E-state index in [-0.39, 0.29) is 24.5 Å². The van der Waals surface area contributed by atoms with E-state index in [1.807, 2.05) is 47.5 Å². The molecule has 0 spiro atoms. The highest BCUT2D eigenvalue weighted by Gasteiger charge is 2.24. The number of hydrogen-bond donors (Lipinski definition) is 1. The van der Waals surface area contributed by atoms with Gasteiger partial charge in [-0.2, -0.15) is 5.10 Å². The van der Waals surface area contributed by atoms with Gasteiger partial charge < -0.3 is 14.5 Å². The fourth-order valence-electron chi connectivity index (χ4n) is 6.03. The number of carbonyl (C=O) groups is 2. The van der Waals surface area contributed by atoms with Crippen molar-refractivity contribution in [3.63, 3.8) is 0 Å². The van der Waals surface area contributed by atoms with Gasteiger partial charge in [-0.1, -0.05) is 18.2 Å². The lowest BCUT2D eigenvalue weighted by Gasteiger charge is -2.34. The molecule has 0 atom stereocenters. The summed E-state index contributed by atoms with van der Waals surface area (Å²) in [5, 5.41) is 8.28. The van der Waals surface area contributed by atoms with Crippen molar-refractivity contribution < 1.29 is 14.3 Å². The molecule has 2 aliphatic heterocycles. The predicted molar refractivity (Wildman–Crippen MR) is 180 cm³/mol. The molecular weight excluding hydrogens is 600 g/mol. The standard InChI is InChI=1S/C34H36N8O3S/c1-23(19-24-5-2-3-10-35-24)30(43)8-9-31(44)41-13-11-40(12-14-41)22-25-20-29-32(46-25)34(42-15-17-45-18-16-42)38-33(37-29)26-6-4-7-28-27(26)21-36-39-28/h2-7,10,19-21H,8-9,11-18,22H2,1H3,(H,36,39)/b23-19+. The number of pyridine rings is 1. The maximum absolute atomic E-state index is 13.0. The molecule has 236 valence electrons. The second-order valence-corrected chi connectivity index (χ2v) is 12.8. The number of allylic oxidation sites excluding steroid dienone is 1. The molecule has 0 unspecified atom stereocenters. The number of morpholine rings is 1. The van der Waals surface area contributed by atoms with E-state index in [0.29, 0.717) is 37.7 Å². The van der Waals surface area contributed by atoms with Gasteiger partial charge >= 0.3 is 0 Å². The molecule has 5 aromatic rings. The molecule has 4 aromatic heterocycles. The first kappa shape index (κ1) is 30.2. The first-order valence-electron chi connectivity index (χ1n) is 15.7. The van der Waals surface area contributed by atoms with E-state index in [1.54, 1.807) is 30.5 Å². The number of nitrogens with zero attached hydrogens (tertiary/aromatic N) is 7. The molecule has 0 aliphatic carbocycles. The van der Waals surface area contributed by atoms with Crippen LogP contribution in [0.3, 0.4) is 0 Å². The molecule has 11 nitrogen and oxygen atoms in total. The van der Waals surface area contributed by atoms with E-state index in [4.69, 9.17) is 14.7 Å². The van der Waals surface area contributed by atoms with Gasteiger partial charge in [0, 0.05) is 80.7 Å². The Morgan fingerprint density at radius 1 is 1.00 bits per heavy atom. The minimum Gasteiger partial charge on any atom is -0.378 e. The van der Waals surface area contributed by atoms with Crippen LogP contribution in [0.25, 0.3) is 38.6 Å². The van der Waals surface area contributed by atoms with E-state index in [0.717, 1.165) is 70.9 Å². The Morgan fingerprint density at radius 3 is 2.65 bits per heavy atom. The average Bonchev–Trinajstić information content (AvgIpc) is 3.74. The van der Waals surface area contributed by atoms with Crippen molar-refractivity contribution >= 4 is 56.0 Å². The van der Waals surface area contributed by atoms with Crippen LogP contribution in [0.1, 0.15) is 30.3 Å². The number of aromatic amines is 1. The minimum absolute atomic E-state index is 0.0217. The third kappa shape index (κ3) is 6.55. The van der Waals surface area contributed by atoms with Crippen molar-refractivity contribution in [3.8, 4) is 11.4 Å². The van der Waals surface area contributed by atoms with Crippen molar-refractivity contribution in [2.24, 2.45) is 0 Å². The molecule has 7 rings (SSSR count). The predicted octanol–water partition coefficient (Wildman–Crippen LogP) is 4.56. The van der Waals surface area contributed by atoms with Crippen LogP contribution in [0.5, 0.6) is 0 Å². The molecule has 0 radical (unpaired) electrons. The quantitative estimate of drug-likeness (QED) is 0.232. The van der Waals surface area contributed by atoms with Gasteiger partial charge in [0.25, 0.3) is 0 Å². The number of piperazine rings is 1. The number of fused-ring (bicyclic) bond motifs is 2. The molecule has 1 amide bonds. The number of H-pyrrole nitrogens is 1. The number of nitrogens with one attached hydrogen (secondary N) is 1. The third-order valence-electron chi connectivity index (χ3n) is 8.60. The Kier molecular flexibility index (Phi) is 8.82. The van der Waals surface area contributed by atoms with Crippen LogP contribution in [-0.2, 0) is 20.9 Å². The highest BCUT2D eigenvalue weighted by atomic mass is 32.1. The Bertz CT molecular complexity index is 1890. The lowest BCUT2D eigenvalue weighted by molar-refractivity contribution is -0.134.